The van der Waals surface area contributed by atoms with Crippen LogP contribution < -0.4 is 16.0 Å². The Bertz CT molecular complexity index is 740. The molecule has 1 amide bonds. The van der Waals surface area contributed by atoms with Crippen molar-refractivity contribution in [3.8, 4) is 0 Å². The number of carbonyl (C=O) groups is 1. The Labute approximate surface area is 179 Å². The van der Waals surface area contributed by atoms with Gasteiger partial charge in [-0.3, -0.25) is 9.79 Å². The molecule has 0 saturated carbocycles. The van der Waals surface area contributed by atoms with Crippen LogP contribution in [0.2, 0.25) is 0 Å². The molecule has 1 aliphatic heterocycles. The molecule has 1 aliphatic rings. The molecule has 1 fully saturated rings. The van der Waals surface area contributed by atoms with Crippen molar-refractivity contribution in [1.82, 2.24) is 15.2 Å². The molecule has 148 valence electrons. The highest BCUT2D eigenvalue weighted by atomic mass is 127. The first kappa shape index (κ1) is 21.5. The molecule has 0 atom stereocenters. The smallest absolute Gasteiger partial charge is 0.287 e. The Hall–Kier alpha value is -1.82. The van der Waals surface area contributed by atoms with Crippen LogP contribution in [-0.2, 0) is 0 Å². The zero-order chi connectivity index (χ0) is 18.4. The molecule has 10 heteroatoms. The number of hydrogen-bond acceptors (Lipinski definition) is 6. The largest absolute Gasteiger partial charge is 0.459 e. The van der Waals surface area contributed by atoms with E-state index < -0.39 is 0 Å². The molecule has 0 unspecified atom stereocenters. The minimum atomic E-state index is -0.192. The molecule has 0 bridgehead atoms. The van der Waals surface area contributed by atoms with Crippen LogP contribution in [0.25, 0.3) is 0 Å². The summed E-state index contributed by atoms with van der Waals surface area (Å²) in [4.78, 5) is 25.0. The lowest BCUT2D eigenvalue weighted by Gasteiger charge is -2.35. The number of carbonyl (C=O) groups excluding carboxylic acids is 1. The fourth-order valence-corrected chi connectivity index (χ4v) is 3.46. The standard InChI is InChI=1S/C17H24N6O2S.HI/c1-13-3-11-25-14(13)15(24)19-4-2-5-20-16(18)22-7-9-23(10-8-22)17-21-6-12-26-17;/h3,6,11-12H,2,4-5,7-10H2,1H3,(H2,18,20)(H,19,24);1H. The number of furan rings is 1. The number of anilines is 1. The van der Waals surface area contributed by atoms with Crippen molar-refractivity contribution in [2.45, 2.75) is 13.3 Å². The van der Waals surface area contributed by atoms with Crippen LogP contribution in [0.4, 0.5) is 5.13 Å². The summed E-state index contributed by atoms with van der Waals surface area (Å²) in [5, 5.41) is 5.88. The van der Waals surface area contributed by atoms with Gasteiger partial charge in [0.05, 0.1) is 6.26 Å². The van der Waals surface area contributed by atoms with Crippen LogP contribution in [0.3, 0.4) is 0 Å². The van der Waals surface area contributed by atoms with Crippen LogP contribution in [0.5, 0.6) is 0 Å². The number of rotatable bonds is 6. The Morgan fingerprint density at radius 2 is 2.19 bits per heavy atom. The van der Waals surface area contributed by atoms with E-state index in [1.807, 2.05) is 18.5 Å². The number of thiazole rings is 1. The molecule has 27 heavy (non-hydrogen) atoms. The third-order valence-electron chi connectivity index (χ3n) is 4.26. The van der Waals surface area contributed by atoms with E-state index in [9.17, 15) is 4.79 Å². The molecular formula is C17H25IN6O2S. The SMILES string of the molecule is Cc1ccoc1C(=O)NCCCN=C(N)N1CCN(c2nccs2)CC1.I. The van der Waals surface area contributed by atoms with Gasteiger partial charge in [0.1, 0.15) is 0 Å². The molecule has 0 spiro atoms. The highest BCUT2D eigenvalue weighted by molar-refractivity contribution is 14.0. The van der Waals surface area contributed by atoms with Crippen molar-refractivity contribution < 1.29 is 9.21 Å². The number of aliphatic imine (C=N–C) groups is 1. The summed E-state index contributed by atoms with van der Waals surface area (Å²) in [6, 6.07) is 1.77. The first-order valence-corrected chi connectivity index (χ1v) is 9.54. The second kappa shape index (κ2) is 10.5. The van der Waals surface area contributed by atoms with Gasteiger partial charge in [-0.15, -0.1) is 35.3 Å². The summed E-state index contributed by atoms with van der Waals surface area (Å²) >= 11 is 1.65. The van der Waals surface area contributed by atoms with Gasteiger partial charge in [0.25, 0.3) is 5.91 Å². The lowest BCUT2D eigenvalue weighted by molar-refractivity contribution is 0.0925. The number of guanidine groups is 1. The summed E-state index contributed by atoms with van der Waals surface area (Å²) in [7, 11) is 0. The third kappa shape index (κ3) is 5.83. The van der Waals surface area contributed by atoms with E-state index in [1.54, 1.807) is 17.4 Å². The number of nitrogens with two attached hydrogens (primary N) is 1. The van der Waals surface area contributed by atoms with Gasteiger partial charge in [0.2, 0.25) is 0 Å². The number of halogens is 1. The van der Waals surface area contributed by atoms with Gasteiger partial charge in [-0.25, -0.2) is 4.98 Å². The summed E-state index contributed by atoms with van der Waals surface area (Å²) in [5.41, 5.74) is 6.93. The Balaban J connectivity index is 0.00000261. The highest BCUT2D eigenvalue weighted by Crippen LogP contribution is 2.18. The monoisotopic (exact) mass is 504 g/mol. The Morgan fingerprint density at radius 3 is 2.81 bits per heavy atom. The fraction of sp³-hybridized carbons (Fsp3) is 0.471. The maximum absolute atomic E-state index is 11.9. The van der Waals surface area contributed by atoms with Gasteiger partial charge in [-0.05, 0) is 19.4 Å². The predicted molar refractivity (Wildman–Crippen MR) is 118 cm³/mol. The van der Waals surface area contributed by atoms with Gasteiger partial charge in [0.15, 0.2) is 16.9 Å². The molecule has 2 aromatic rings. The normalized spacial score (nSPS) is 14.8. The van der Waals surface area contributed by atoms with Crippen LogP contribution in [0, 0.1) is 6.92 Å². The third-order valence-corrected chi connectivity index (χ3v) is 5.09. The van der Waals surface area contributed by atoms with Crippen LogP contribution in [0.15, 0.2) is 33.3 Å². The number of nitrogens with zero attached hydrogens (tertiary/aromatic N) is 4. The molecule has 0 aromatic carbocycles. The number of nitrogens with one attached hydrogen (secondary N) is 1. The summed E-state index contributed by atoms with van der Waals surface area (Å²) in [6.07, 6.45) is 4.07. The molecule has 0 aliphatic carbocycles. The summed E-state index contributed by atoms with van der Waals surface area (Å²) in [5.74, 6) is 0.742. The number of piperazine rings is 1. The number of aromatic nitrogens is 1. The van der Waals surface area contributed by atoms with Gasteiger partial charge >= 0.3 is 0 Å². The quantitative estimate of drug-likeness (QED) is 0.270. The molecule has 3 heterocycles. The first-order chi connectivity index (χ1) is 12.6. The fourth-order valence-electron chi connectivity index (χ4n) is 2.76. The zero-order valence-corrected chi connectivity index (χ0v) is 18.4. The van der Waals surface area contributed by atoms with Crippen molar-refractivity contribution in [3.63, 3.8) is 0 Å². The summed E-state index contributed by atoms with van der Waals surface area (Å²) < 4.78 is 5.16. The van der Waals surface area contributed by atoms with E-state index in [-0.39, 0.29) is 29.9 Å². The van der Waals surface area contributed by atoms with Crippen molar-refractivity contribution in [3.05, 3.63) is 35.2 Å². The van der Waals surface area contributed by atoms with E-state index in [0.717, 1.165) is 43.3 Å². The van der Waals surface area contributed by atoms with Gasteiger partial charge in [-0.1, -0.05) is 0 Å². The Morgan fingerprint density at radius 1 is 1.41 bits per heavy atom. The maximum atomic E-state index is 11.9. The zero-order valence-electron chi connectivity index (χ0n) is 15.3. The molecule has 3 N–H and O–H groups in total. The minimum absolute atomic E-state index is 0. The maximum Gasteiger partial charge on any atom is 0.287 e. The molecule has 0 radical (unpaired) electrons. The van der Waals surface area contributed by atoms with E-state index in [4.69, 9.17) is 10.2 Å². The minimum Gasteiger partial charge on any atom is -0.459 e. The first-order valence-electron chi connectivity index (χ1n) is 8.67. The lowest BCUT2D eigenvalue weighted by Crippen LogP contribution is -2.51. The second-order valence-electron chi connectivity index (χ2n) is 6.07. The molecule has 8 nitrogen and oxygen atoms in total. The van der Waals surface area contributed by atoms with Crippen LogP contribution in [-0.4, -0.2) is 61.0 Å². The van der Waals surface area contributed by atoms with E-state index in [0.29, 0.717) is 24.8 Å². The highest BCUT2D eigenvalue weighted by Gasteiger charge is 2.19. The molecule has 1 saturated heterocycles. The molecule has 3 rings (SSSR count). The number of aryl methyl sites for hydroxylation is 1. The average Bonchev–Trinajstić information content (AvgIpc) is 3.33. The van der Waals surface area contributed by atoms with Crippen LogP contribution >= 0.6 is 35.3 Å². The van der Waals surface area contributed by atoms with Crippen molar-refractivity contribution in [1.29, 1.82) is 0 Å². The van der Waals surface area contributed by atoms with E-state index in [1.165, 1.54) is 6.26 Å². The Kier molecular flexibility index (Phi) is 8.35. The predicted octanol–water partition coefficient (Wildman–Crippen LogP) is 1.92. The second-order valence-corrected chi connectivity index (χ2v) is 6.94. The van der Waals surface area contributed by atoms with Gasteiger partial charge < -0.3 is 25.3 Å². The topological polar surface area (TPSA) is 100.0 Å². The van der Waals surface area contributed by atoms with E-state index >= 15 is 0 Å². The van der Waals surface area contributed by atoms with Crippen LogP contribution in [0.1, 0.15) is 22.5 Å². The number of amides is 1. The van der Waals surface area contributed by atoms with E-state index in [2.05, 4.69) is 25.1 Å². The van der Waals surface area contributed by atoms with Crippen molar-refractivity contribution >= 4 is 52.3 Å². The van der Waals surface area contributed by atoms with Crippen molar-refractivity contribution in [2.75, 3.05) is 44.2 Å². The summed E-state index contributed by atoms with van der Waals surface area (Å²) in [6.45, 7) is 6.42. The van der Waals surface area contributed by atoms with Gasteiger partial charge in [0, 0.05) is 56.4 Å². The van der Waals surface area contributed by atoms with Crippen molar-refractivity contribution in [2.24, 2.45) is 10.7 Å². The molecule has 2 aromatic heterocycles. The molecular weight excluding hydrogens is 479 g/mol. The lowest BCUT2D eigenvalue weighted by atomic mass is 10.2. The number of hydrogen-bond donors (Lipinski definition) is 2. The van der Waals surface area contributed by atoms with Gasteiger partial charge in [-0.2, -0.15) is 0 Å². The average molecular weight is 504 g/mol.